The average Bonchev–Trinajstić information content (AvgIpc) is 3.18. The molecule has 0 bridgehead atoms. The molecule has 140 valence electrons. The van der Waals surface area contributed by atoms with Crippen molar-refractivity contribution in [2.75, 3.05) is 6.79 Å². The second-order valence-corrected chi connectivity index (χ2v) is 7.08. The summed E-state index contributed by atoms with van der Waals surface area (Å²) in [6, 6.07) is 11.6. The number of Topliss-reactive ketones (excluding diaryl/α,β-unsaturated/α-hetero) is 1. The molecule has 5 nitrogen and oxygen atoms in total. The molecule has 5 heteroatoms. The highest BCUT2D eigenvalue weighted by molar-refractivity contribution is 5.98. The molecule has 1 heterocycles. The van der Waals surface area contributed by atoms with E-state index in [2.05, 4.69) is 11.4 Å². The second kappa shape index (κ2) is 7.82. The van der Waals surface area contributed by atoms with Gasteiger partial charge in [0, 0.05) is 24.9 Å². The van der Waals surface area contributed by atoms with E-state index in [9.17, 15) is 9.59 Å². The number of nitrogens with one attached hydrogen (secondary N) is 1. The van der Waals surface area contributed by atoms with Crippen molar-refractivity contribution >= 4 is 11.7 Å². The summed E-state index contributed by atoms with van der Waals surface area (Å²) >= 11 is 0. The first kappa shape index (κ1) is 17.6. The fourth-order valence-corrected chi connectivity index (χ4v) is 3.62. The van der Waals surface area contributed by atoms with Crippen LogP contribution in [0.15, 0.2) is 36.4 Å². The molecule has 0 fully saturated rings. The zero-order chi connectivity index (χ0) is 18.6. The maximum atomic E-state index is 12.4. The summed E-state index contributed by atoms with van der Waals surface area (Å²) in [5.41, 5.74) is 4.31. The molecule has 1 aliphatic carbocycles. The first-order chi connectivity index (χ1) is 13.2. The summed E-state index contributed by atoms with van der Waals surface area (Å²) in [5.74, 6) is 1.32. The highest BCUT2D eigenvalue weighted by Crippen LogP contribution is 2.32. The number of carbonyl (C=O) groups is 2. The smallest absolute Gasteiger partial charge is 0.231 e. The lowest BCUT2D eigenvalue weighted by molar-refractivity contribution is -0.121. The van der Waals surface area contributed by atoms with Crippen LogP contribution in [0.4, 0.5) is 0 Å². The number of ether oxygens (including phenoxy) is 2. The minimum Gasteiger partial charge on any atom is -0.454 e. The molecule has 27 heavy (non-hydrogen) atoms. The van der Waals surface area contributed by atoms with E-state index in [4.69, 9.17) is 9.47 Å². The number of ketones is 1. The molecule has 0 spiro atoms. The van der Waals surface area contributed by atoms with E-state index in [0.717, 1.165) is 29.7 Å². The number of aryl methyl sites for hydroxylation is 2. The number of amides is 1. The quantitative estimate of drug-likeness (QED) is 0.795. The Labute approximate surface area is 158 Å². The molecule has 4 rings (SSSR count). The summed E-state index contributed by atoms with van der Waals surface area (Å²) in [6.45, 7) is 0.637. The number of benzene rings is 2. The molecule has 0 unspecified atom stereocenters. The standard InChI is InChI=1S/C22H23NO4/c24-19(18-7-6-16-3-1-2-4-17(16)12-18)8-10-22(25)23-13-15-5-9-20-21(11-15)27-14-26-20/h5-7,9,11-12H,1-4,8,10,13-14H2,(H,23,25). The van der Waals surface area contributed by atoms with Crippen molar-refractivity contribution < 1.29 is 19.1 Å². The first-order valence-corrected chi connectivity index (χ1v) is 9.49. The minimum atomic E-state index is -0.126. The Hall–Kier alpha value is -2.82. The number of hydrogen-bond acceptors (Lipinski definition) is 4. The maximum absolute atomic E-state index is 12.4. The van der Waals surface area contributed by atoms with Gasteiger partial charge in [0.25, 0.3) is 0 Å². The SMILES string of the molecule is O=C(CCC(=O)c1ccc2c(c1)CCCC2)NCc1ccc2c(c1)OCO2. The lowest BCUT2D eigenvalue weighted by Gasteiger charge is -2.16. The summed E-state index contributed by atoms with van der Waals surface area (Å²) < 4.78 is 10.6. The van der Waals surface area contributed by atoms with Crippen molar-refractivity contribution in [3.8, 4) is 11.5 Å². The molecule has 0 radical (unpaired) electrons. The Kier molecular flexibility index (Phi) is 5.10. The molecular formula is C22H23NO4. The predicted molar refractivity (Wildman–Crippen MR) is 101 cm³/mol. The molecule has 0 saturated heterocycles. The molecule has 0 atom stereocenters. The van der Waals surface area contributed by atoms with Gasteiger partial charge in [-0.15, -0.1) is 0 Å². The summed E-state index contributed by atoms with van der Waals surface area (Å²) in [7, 11) is 0. The minimum absolute atomic E-state index is 0.0293. The zero-order valence-corrected chi connectivity index (χ0v) is 15.3. The topological polar surface area (TPSA) is 64.6 Å². The van der Waals surface area contributed by atoms with Gasteiger partial charge in [-0.25, -0.2) is 0 Å². The van der Waals surface area contributed by atoms with E-state index >= 15 is 0 Å². The number of fused-ring (bicyclic) bond motifs is 2. The van der Waals surface area contributed by atoms with Crippen molar-refractivity contribution in [2.24, 2.45) is 0 Å². The lowest BCUT2D eigenvalue weighted by atomic mass is 9.89. The Bertz CT molecular complexity index is 875. The van der Waals surface area contributed by atoms with Crippen molar-refractivity contribution in [3.05, 3.63) is 58.7 Å². The highest BCUT2D eigenvalue weighted by atomic mass is 16.7. The van der Waals surface area contributed by atoms with Crippen LogP contribution in [0, 0.1) is 0 Å². The Balaban J connectivity index is 1.27. The largest absolute Gasteiger partial charge is 0.454 e. The van der Waals surface area contributed by atoms with Crippen molar-refractivity contribution in [1.82, 2.24) is 5.32 Å². The van der Waals surface area contributed by atoms with Crippen molar-refractivity contribution in [1.29, 1.82) is 0 Å². The van der Waals surface area contributed by atoms with Crippen LogP contribution in [-0.4, -0.2) is 18.5 Å². The van der Waals surface area contributed by atoms with Crippen LogP contribution < -0.4 is 14.8 Å². The molecule has 2 aliphatic rings. The van der Waals surface area contributed by atoms with E-state index in [0.29, 0.717) is 12.3 Å². The molecule has 2 aromatic carbocycles. The number of carbonyl (C=O) groups excluding carboxylic acids is 2. The molecule has 1 N–H and O–H groups in total. The van der Waals surface area contributed by atoms with Gasteiger partial charge < -0.3 is 14.8 Å². The van der Waals surface area contributed by atoms with Crippen LogP contribution in [0.3, 0.4) is 0 Å². The van der Waals surface area contributed by atoms with Gasteiger partial charge in [0.05, 0.1) is 0 Å². The van der Waals surface area contributed by atoms with Crippen LogP contribution in [0.5, 0.6) is 11.5 Å². The van der Waals surface area contributed by atoms with Crippen LogP contribution >= 0.6 is 0 Å². The summed E-state index contributed by atoms with van der Waals surface area (Å²) in [5, 5.41) is 2.86. The van der Waals surface area contributed by atoms with E-state index in [1.54, 1.807) is 0 Å². The Morgan fingerprint density at radius 1 is 0.889 bits per heavy atom. The Morgan fingerprint density at radius 2 is 1.70 bits per heavy atom. The van der Waals surface area contributed by atoms with Crippen LogP contribution in [-0.2, 0) is 24.2 Å². The van der Waals surface area contributed by atoms with Gasteiger partial charge in [-0.05, 0) is 60.6 Å². The highest BCUT2D eigenvalue weighted by Gasteiger charge is 2.15. The van der Waals surface area contributed by atoms with Gasteiger partial charge in [0.1, 0.15) is 0 Å². The maximum Gasteiger partial charge on any atom is 0.231 e. The predicted octanol–water partition coefficient (Wildman–Crippen LogP) is 3.57. The van der Waals surface area contributed by atoms with E-state index in [1.807, 2.05) is 30.3 Å². The van der Waals surface area contributed by atoms with Gasteiger partial charge in [-0.2, -0.15) is 0 Å². The summed E-state index contributed by atoms with van der Waals surface area (Å²) in [6.07, 6.45) is 4.99. The molecule has 2 aromatic rings. The monoisotopic (exact) mass is 365 g/mol. The summed E-state index contributed by atoms with van der Waals surface area (Å²) in [4.78, 5) is 24.5. The van der Waals surface area contributed by atoms with Crippen molar-refractivity contribution in [2.45, 2.75) is 45.1 Å². The van der Waals surface area contributed by atoms with Crippen LogP contribution in [0.1, 0.15) is 52.7 Å². The molecule has 0 aromatic heterocycles. The van der Waals surface area contributed by atoms with Crippen LogP contribution in [0.2, 0.25) is 0 Å². The number of hydrogen-bond donors (Lipinski definition) is 1. The van der Waals surface area contributed by atoms with Crippen molar-refractivity contribution in [3.63, 3.8) is 0 Å². The van der Waals surface area contributed by atoms with E-state index < -0.39 is 0 Å². The van der Waals surface area contributed by atoms with Gasteiger partial charge in [0.15, 0.2) is 17.3 Å². The third-order valence-corrected chi connectivity index (χ3v) is 5.18. The first-order valence-electron chi connectivity index (χ1n) is 9.49. The third-order valence-electron chi connectivity index (χ3n) is 5.18. The second-order valence-electron chi connectivity index (χ2n) is 7.08. The van der Waals surface area contributed by atoms with Gasteiger partial charge in [-0.1, -0.05) is 18.2 Å². The Morgan fingerprint density at radius 3 is 2.59 bits per heavy atom. The van der Waals surface area contributed by atoms with Crippen LogP contribution in [0.25, 0.3) is 0 Å². The normalized spacial score (nSPS) is 14.5. The molecular weight excluding hydrogens is 342 g/mol. The fourth-order valence-electron chi connectivity index (χ4n) is 3.62. The molecule has 0 saturated carbocycles. The van der Waals surface area contributed by atoms with Gasteiger partial charge in [0.2, 0.25) is 12.7 Å². The zero-order valence-electron chi connectivity index (χ0n) is 15.3. The van der Waals surface area contributed by atoms with E-state index in [1.165, 1.54) is 24.0 Å². The lowest BCUT2D eigenvalue weighted by Crippen LogP contribution is -2.23. The van der Waals surface area contributed by atoms with Gasteiger partial charge >= 0.3 is 0 Å². The third kappa shape index (κ3) is 4.13. The average molecular weight is 365 g/mol. The van der Waals surface area contributed by atoms with Gasteiger partial charge in [-0.3, -0.25) is 9.59 Å². The number of rotatable bonds is 6. The molecule has 1 aliphatic heterocycles. The fraction of sp³-hybridized carbons (Fsp3) is 0.364. The molecule has 1 amide bonds. The van der Waals surface area contributed by atoms with E-state index in [-0.39, 0.29) is 31.3 Å².